The number of benzene rings is 8. The van der Waals surface area contributed by atoms with Gasteiger partial charge >= 0.3 is 0 Å². The fourth-order valence-electron chi connectivity index (χ4n) is 10.2. The molecule has 380 valence electrons. The molecule has 8 aromatic carbocycles. The van der Waals surface area contributed by atoms with Gasteiger partial charge in [-0.05, 0) is 127 Å². The van der Waals surface area contributed by atoms with Gasteiger partial charge in [0.05, 0.1) is 31.8 Å². The first kappa shape index (κ1) is 21.6. The molecule has 0 radical (unpaired) electrons. The van der Waals surface area contributed by atoms with Gasteiger partial charge in [-0.3, -0.25) is 4.57 Å². The summed E-state index contributed by atoms with van der Waals surface area (Å²) >= 11 is 0. The molecule has 76 heavy (non-hydrogen) atoms. The number of ether oxygens (including phenoxy) is 1. The van der Waals surface area contributed by atoms with Crippen LogP contribution in [-0.2, 0) is 42.7 Å². The van der Waals surface area contributed by atoms with Crippen molar-refractivity contribution in [2.75, 3.05) is 0 Å². The van der Waals surface area contributed by atoms with Gasteiger partial charge in [0, 0.05) is 91.0 Å². The zero-order valence-corrected chi connectivity index (χ0v) is 41.5. The van der Waals surface area contributed by atoms with E-state index in [4.69, 9.17) is 52.7 Å². The molecular weight excluding hydrogens is 1110 g/mol. The smallest absolute Gasteiger partial charge is 0.268 e. The minimum Gasteiger partial charge on any atom is -0.510 e. The molecule has 0 atom stereocenters. The van der Waals surface area contributed by atoms with E-state index in [9.17, 15) is 8.22 Å². The van der Waals surface area contributed by atoms with Crippen molar-refractivity contribution in [3.05, 3.63) is 222 Å². The average Bonchev–Trinajstić information content (AvgIpc) is 1.50. The Morgan fingerprint density at radius 3 is 1.91 bits per heavy atom. The van der Waals surface area contributed by atoms with E-state index in [-0.39, 0.29) is 66.2 Å². The quantitative estimate of drug-likeness (QED) is 0.112. The third-order valence-electron chi connectivity index (χ3n) is 13.5. The first-order valence-corrected chi connectivity index (χ1v) is 23.1. The summed E-state index contributed by atoms with van der Waals surface area (Å²) in [5.41, 5.74) is -27.5. The maximum absolute atomic E-state index is 10.3. The van der Waals surface area contributed by atoms with Gasteiger partial charge in [-0.15, -0.1) is 29.7 Å². The molecule has 0 bridgehead atoms. The fraction of sp³-hybridized carbons (Fsp3) is 0.229. The van der Waals surface area contributed by atoms with Gasteiger partial charge < -0.3 is 13.9 Å². The Hall–Kier alpha value is -7.33. The third kappa shape index (κ3) is 8.08. The van der Waals surface area contributed by atoms with Crippen molar-refractivity contribution in [3.8, 4) is 62.1 Å². The van der Waals surface area contributed by atoms with Gasteiger partial charge in [0.1, 0.15) is 5.82 Å². The third-order valence-corrected chi connectivity index (χ3v) is 13.5. The topological polar surface area (TPSA) is 35.9 Å². The number of fused-ring (bicyclic) bond motifs is 6. The molecule has 5 nitrogen and oxygen atoms in total. The Balaban J connectivity index is 0.0000126. The van der Waals surface area contributed by atoms with Crippen LogP contribution in [0.25, 0.3) is 83.4 Å². The summed E-state index contributed by atoms with van der Waals surface area (Å²) in [6.07, 6.45) is 0.342. The van der Waals surface area contributed by atoms with Crippen molar-refractivity contribution >= 4 is 32.8 Å². The monoisotopic (exact) mass is 1210 g/mol. The standard InChI is InChI=1S/C70H62N4O.Pt/c1-44-33-54(47-27-31-57-59(36-47)69(7,8)41-67(57,3)4)66(55(34-44)48-28-32-58-60(37-48)70(9,10)42-68(58,5)6)73-43-72(62-25-16-17-26-63(62)73)49-21-18-22-50(38-49)75-51-29-30-53-52-23-14-15-24-61(52)74(64(53)39-51)65-35-45(2)56(40-71-65)46-19-12-11-13-20-46;/h11-37,40H,41-42H2,1-10H3;/q-2;/i1D3,2D3,3D3,4D3,5D3,6D3,7D3,8D3,9D3,10D3,11D,12D,13D,19D,20D,27D,28D,31D,32D,36D,37D;. The number of nitrogens with zero attached hydrogens (tertiary/aromatic N) is 4. The average molecular weight is 1210 g/mol. The number of aromatic nitrogens is 4. The molecule has 3 heterocycles. The van der Waals surface area contributed by atoms with Gasteiger partial charge in [-0.1, -0.05) is 187 Å². The first-order valence-electron chi connectivity index (χ1n) is 43.6. The number of hydrogen-bond donors (Lipinski definition) is 0. The van der Waals surface area contributed by atoms with Crippen LogP contribution in [0.5, 0.6) is 11.5 Å². The van der Waals surface area contributed by atoms with Crippen LogP contribution in [0.15, 0.2) is 170 Å². The molecule has 0 unspecified atom stereocenters. The van der Waals surface area contributed by atoms with Gasteiger partial charge in [0.15, 0.2) is 0 Å². The molecule has 0 spiro atoms. The Labute approximate surface area is 519 Å². The zero-order chi connectivity index (χ0) is 86.3. The molecule has 11 aromatic rings. The Morgan fingerprint density at radius 1 is 0.592 bits per heavy atom. The van der Waals surface area contributed by atoms with E-state index < -0.39 is 236 Å². The Kier molecular flexibility index (Phi) is 5.08. The molecule has 0 amide bonds. The van der Waals surface area contributed by atoms with Crippen LogP contribution >= 0.6 is 0 Å². The van der Waals surface area contributed by atoms with E-state index in [1.54, 1.807) is 34.9 Å². The first-order chi connectivity index (χ1) is 53.0. The van der Waals surface area contributed by atoms with Crippen LogP contribution in [0.2, 0.25) is 0 Å². The maximum atomic E-state index is 10.3. The van der Waals surface area contributed by atoms with Gasteiger partial charge in [-0.25, -0.2) is 4.98 Å². The van der Waals surface area contributed by atoms with Crippen LogP contribution in [0.3, 0.4) is 0 Å². The summed E-state index contributed by atoms with van der Waals surface area (Å²) in [5.74, 6) is -0.201. The second-order valence-electron chi connectivity index (χ2n) is 18.7. The normalized spacial score (nSPS) is 25.2. The Morgan fingerprint density at radius 2 is 1.24 bits per heavy atom. The summed E-state index contributed by atoms with van der Waals surface area (Å²) < 4.78 is 380. The van der Waals surface area contributed by atoms with Crippen molar-refractivity contribution in [2.45, 2.75) is 103 Å². The summed E-state index contributed by atoms with van der Waals surface area (Å²) in [5, 5.41) is 1.12. The zero-order valence-electron chi connectivity index (χ0n) is 80.2. The predicted molar refractivity (Wildman–Crippen MR) is 307 cm³/mol. The molecule has 13 rings (SSSR count). The van der Waals surface area contributed by atoms with Crippen LogP contribution in [0.4, 0.5) is 0 Å². The Bertz CT molecular complexity index is 5710. The van der Waals surface area contributed by atoms with E-state index in [1.807, 2.05) is 0 Å². The van der Waals surface area contributed by atoms with Gasteiger partial charge in [-0.2, -0.15) is 18.2 Å². The van der Waals surface area contributed by atoms with E-state index in [0.29, 0.717) is 28.4 Å². The molecule has 0 aliphatic heterocycles. The summed E-state index contributed by atoms with van der Waals surface area (Å²) in [6.45, 7) is -39.0. The number of rotatable bonds is 8. The van der Waals surface area contributed by atoms with E-state index >= 15 is 0 Å². The number of aryl methyl sites for hydroxylation is 2. The SMILES string of the molecule is [2H]c1c([2H])c([2H])c(-c2cnc(-n3c4[c-]c(Oc5[c-]c(-n6[c-][n+](-c7c(-c8c([2H])c([2H])c9c(c8[2H])C(C([2H])([2H])[2H])(C([2H])([2H])[2H])CC9(C([2H])([2H])[2H])C([2H])([2H])[2H])cc(C([2H])([2H])[2H])cc7-c7c([2H])c([2H])c8c(c7[2H])C(C([2H])([2H])[2H])(C([2H])([2H])[2H])CC8(C([2H])([2H])[2H])C([2H])([2H])[2H])c7ccccc76)ccc5)ccc4c4ccccc43)cc2C([2H])([2H])[2H])c([2H])c1[2H].[Pt]. The van der Waals surface area contributed by atoms with E-state index in [0.717, 1.165) is 10.8 Å². The second kappa shape index (κ2) is 17.9. The predicted octanol–water partition coefficient (Wildman–Crippen LogP) is 17.1. The van der Waals surface area contributed by atoms with Crippen molar-refractivity contribution < 1.29 is 86.6 Å². The van der Waals surface area contributed by atoms with Crippen LogP contribution < -0.4 is 9.30 Å². The molecule has 2 aliphatic rings. The molecule has 0 N–H and O–H groups in total. The maximum Gasteiger partial charge on any atom is 0.268 e. The molecule has 0 fully saturated rings. The number of para-hydroxylation sites is 3. The molecule has 0 saturated heterocycles. The minimum atomic E-state index is -4.09. The van der Waals surface area contributed by atoms with Crippen molar-refractivity contribution in [1.29, 1.82) is 0 Å². The summed E-state index contributed by atoms with van der Waals surface area (Å²) in [7, 11) is 0. The summed E-state index contributed by atoms with van der Waals surface area (Å²) in [6, 6.07) is 16.4. The minimum absolute atomic E-state index is 0. The second-order valence-corrected chi connectivity index (χ2v) is 18.7. The van der Waals surface area contributed by atoms with Crippen molar-refractivity contribution in [1.82, 2.24) is 14.1 Å². The number of hydrogen-bond acceptors (Lipinski definition) is 2. The molecule has 0 saturated carbocycles. The fourth-order valence-corrected chi connectivity index (χ4v) is 10.2. The van der Waals surface area contributed by atoms with Gasteiger partial charge in [0.2, 0.25) is 0 Å². The van der Waals surface area contributed by atoms with Gasteiger partial charge in [0.25, 0.3) is 6.33 Å². The van der Waals surface area contributed by atoms with Crippen molar-refractivity contribution in [2.24, 2.45) is 0 Å². The largest absolute Gasteiger partial charge is 0.510 e. The number of pyridine rings is 1. The van der Waals surface area contributed by atoms with Crippen LogP contribution in [-0.4, -0.2) is 14.1 Å². The number of imidazole rings is 1. The van der Waals surface area contributed by atoms with Crippen molar-refractivity contribution in [3.63, 3.8) is 0 Å². The van der Waals surface area contributed by atoms with E-state index in [2.05, 4.69) is 23.4 Å². The van der Waals surface area contributed by atoms with E-state index in [1.165, 1.54) is 59.2 Å². The molecular formula is C70H62N4OPt-2. The summed E-state index contributed by atoms with van der Waals surface area (Å²) in [4.78, 5) is 4.61. The molecule has 2 aliphatic carbocycles. The van der Waals surface area contributed by atoms with Crippen LogP contribution in [0.1, 0.15) is 157 Å². The molecule has 3 aromatic heterocycles. The van der Waals surface area contributed by atoms with Crippen LogP contribution in [0, 0.1) is 32.2 Å². The molecule has 6 heteroatoms.